The maximum Gasteiger partial charge on any atom is 0.119 e. The molecule has 0 aliphatic carbocycles. The molecule has 2 rings (SSSR count). The van der Waals surface area contributed by atoms with E-state index >= 15 is 0 Å². The third-order valence-electron chi connectivity index (χ3n) is 3.84. The zero-order valence-corrected chi connectivity index (χ0v) is 13.3. The summed E-state index contributed by atoms with van der Waals surface area (Å²) in [5.74, 6) is 0.942. The molecule has 1 aromatic rings. The van der Waals surface area contributed by atoms with Crippen LogP contribution in [0.15, 0.2) is 24.3 Å². The fourth-order valence-corrected chi connectivity index (χ4v) is 2.62. The van der Waals surface area contributed by atoms with Crippen LogP contribution in [-0.4, -0.2) is 51.4 Å². The van der Waals surface area contributed by atoms with E-state index in [2.05, 4.69) is 29.4 Å². The molecule has 4 heteroatoms. The maximum atomic E-state index is 5.80. The Labute approximate surface area is 128 Å². The molecule has 0 spiro atoms. The van der Waals surface area contributed by atoms with Gasteiger partial charge >= 0.3 is 0 Å². The molecule has 0 bridgehead atoms. The SMILES string of the molecule is CNCc1ccc(OCCN(C)CC2CCCCO2)cc1. The predicted molar refractivity (Wildman–Crippen MR) is 85.8 cm³/mol. The number of hydrogen-bond acceptors (Lipinski definition) is 4. The van der Waals surface area contributed by atoms with Gasteiger partial charge in [0, 0.05) is 26.2 Å². The van der Waals surface area contributed by atoms with Crippen molar-refractivity contribution in [1.29, 1.82) is 0 Å². The molecule has 1 aromatic carbocycles. The van der Waals surface area contributed by atoms with Crippen LogP contribution >= 0.6 is 0 Å². The lowest BCUT2D eigenvalue weighted by atomic mass is 10.1. The van der Waals surface area contributed by atoms with Crippen molar-refractivity contribution in [2.24, 2.45) is 0 Å². The zero-order chi connectivity index (χ0) is 14.9. The van der Waals surface area contributed by atoms with E-state index in [1.807, 2.05) is 19.2 Å². The Morgan fingerprint density at radius 3 is 2.76 bits per heavy atom. The first-order chi connectivity index (χ1) is 10.3. The minimum atomic E-state index is 0.407. The monoisotopic (exact) mass is 292 g/mol. The van der Waals surface area contributed by atoms with E-state index < -0.39 is 0 Å². The van der Waals surface area contributed by atoms with Crippen LogP contribution in [0.3, 0.4) is 0 Å². The summed E-state index contributed by atoms with van der Waals surface area (Å²) in [5, 5.41) is 3.14. The largest absolute Gasteiger partial charge is 0.492 e. The van der Waals surface area contributed by atoms with Gasteiger partial charge in [-0.3, -0.25) is 0 Å². The molecule has 118 valence electrons. The molecule has 4 nitrogen and oxygen atoms in total. The van der Waals surface area contributed by atoms with Crippen molar-refractivity contribution in [3.63, 3.8) is 0 Å². The Morgan fingerprint density at radius 2 is 2.10 bits per heavy atom. The first kappa shape index (κ1) is 16.3. The predicted octanol–water partition coefficient (Wildman–Crippen LogP) is 2.29. The van der Waals surface area contributed by atoms with Gasteiger partial charge in [0.05, 0.1) is 6.10 Å². The second-order valence-corrected chi connectivity index (χ2v) is 5.77. The number of rotatable bonds is 8. The van der Waals surface area contributed by atoms with E-state index in [0.717, 1.165) is 32.0 Å². The van der Waals surface area contributed by atoms with Crippen LogP contribution in [0, 0.1) is 0 Å². The summed E-state index contributed by atoms with van der Waals surface area (Å²) in [5.41, 5.74) is 1.27. The number of hydrogen-bond donors (Lipinski definition) is 1. The summed E-state index contributed by atoms with van der Waals surface area (Å²) in [7, 11) is 4.09. The molecule has 1 fully saturated rings. The Bertz CT molecular complexity index is 388. The third kappa shape index (κ3) is 6.04. The maximum absolute atomic E-state index is 5.80. The van der Waals surface area contributed by atoms with E-state index in [1.165, 1.54) is 24.8 Å². The standard InChI is InChI=1S/C17H28N2O2/c1-18-13-15-6-8-16(9-7-15)21-12-10-19(2)14-17-5-3-4-11-20-17/h6-9,17-18H,3-5,10-14H2,1-2H3. The summed E-state index contributed by atoms with van der Waals surface area (Å²) < 4.78 is 11.6. The van der Waals surface area contributed by atoms with Crippen LogP contribution in [0.25, 0.3) is 0 Å². The first-order valence-electron chi connectivity index (χ1n) is 7.94. The topological polar surface area (TPSA) is 33.7 Å². The second-order valence-electron chi connectivity index (χ2n) is 5.77. The van der Waals surface area contributed by atoms with Gasteiger partial charge < -0.3 is 19.7 Å². The fraction of sp³-hybridized carbons (Fsp3) is 0.647. The van der Waals surface area contributed by atoms with Crippen molar-refractivity contribution in [2.45, 2.75) is 31.9 Å². The molecule has 1 aliphatic heterocycles. The zero-order valence-electron chi connectivity index (χ0n) is 13.3. The molecular formula is C17H28N2O2. The summed E-state index contributed by atoms with van der Waals surface area (Å²) >= 11 is 0. The lowest BCUT2D eigenvalue weighted by Crippen LogP contribution is -2.35. The van der Waals surface area contributed by atoms with Gasteiger partial charge in [-0.25, -0.2) is 0 Å². The van der Waals surface area contributed by atoms with Gasteiger partial charge in [0.1, 0.15) is 12.4 Å². The van der Waals surface area contributed by atoms with Gasteiger partial charge in [0.25, 0.3) is 0 Å². The molecule has 0 saturated carbocycles. The van der Waals surface area contributed by atoms with Crippen LogP contribution in [0.1, 0.15) is 24.8 Å². The van der Waals surface area contributed by atoms with Gasteiger partial charge in [0.15, 0.2) is 0 Å². The number of nitrogens with one attached hydrogen (secondary N) is 1. The number of likely N-dealkylation sites (N-methyl/N-ethyl adjacent to an activating group) is 1. The third-order valence-corrected chi connectivity index (χ3v) is 3.84. The van der Waals surface area contributed by atoms with Gasteiger partial charge in [-0.05, 0) is 51.1 Å². The van der Waals surface area contributed by atoms with Crippen molar-refractivity contribution in [3.05, 3.63) is 29.8 Å². The van der Waals surface area contributed by atoms with Crippen LogP contribution in [0.4, 0.5) is 0 Å². The molecule has 0 radical (unpaired) electrons. The molecular weight excluding hydrogens is 264 g/mol. The number of nitrogens with zero attached hydrogens (tertiary/aromatic N) is 1. The minimum Gasteiger partial charge on any atom is -0.492 e. The lowest BCUT2D eigenvalue weighted by molar-refractivity contribution is -0.00282. The van der Waals surface area contributed by atoms with Crippen LogP contribution < -0.4 is 10.1 Å². The fourth-order valence-electron chi connectivity index (χ4n) is 2.62. The second kappa shape index (κ2) is 9.03. The van der Waals surface area contributed by atoms with Crippen LogP contribution in [0.2, 0.25) is 0 Å². The summed E-state index contributed by atoms with van der Waals surface area (Å²) in [6.07, 6.45) is 4.11. The highest BCUT2D eigenvalue weighted by molar-refractivity contribution is 5.27. The van der Waals surface area contributed by atoms with E-state index in [1.54, 1.807) is 0 Å². The highest BCUT2D eigenvalue weighted by atomic mass is 16.5. The minimum absolute atomic E-state index is 0.407. The summed E-state index contributed by atoms with van der Waals surface area (Å²) in [4.78, 5) is 2.30. The van der Waals surface area contributed by atoms with E-state index in [-0.39, 0.29) is 0 Å². The number of benzene rings is 1. The van der Waals surface area contributed by atoms with Crippen molar-refractivity contribution in [2.75, 3.05) is 40.4 Å². The average Bonchev–Trinajstić information content (AvgIpc) is 2.50. The molecule has 1 heterocycles. The molecule has 1 N–H and O–H groups in total. The molecule has 1 saturated heterocycles. The van der Waals surface area contributed by atoms with Crippen molar-refractivity contribution in [1.82, 2.24) is 10.2 Å². The molecule has 0 amide bonds. The van der Waals surface area contributed by atoms with Crippen molar-refractivity contribution >= 4 is 0 Å². The van der Waals surface area contributed by atoms with Gasteiger partial charge in [-0.15, -0.1) is 0 Å². The first-order valence-corrected chi connectivity index (χ1v) is 7.94. The summed E-state index contributed by atoms with van der Waals surface area (Å²) in [6, 6.07) is 8.28. The van der Waals surface area contributed by atoms with Crippen molar-refractivity contribution in [3.8, 4) is 5.75 Å². The molecule has 1 atom stereocenters. The van der Waals surface area contributed by atoms with Crippen molar-refractivity contribution < 1.29 is 9.47 Å². The van der Waals surface area contributed by atoms with Gasteiger partial charge in [-0.2, -0.15) is 0 Å². The molecule has 21 heavy (non-hydrogen) atoms. The van der Waals surface area contributed by atoms with Gasteiger partial charge in [-0.1, -0.05) is 12.1 Å². The Kier molecular flexibility index (Phi) is 7.00. The molecule has 1 unspecified atom stereocenters. The number of ether oxygens (including phenoxy) is 2. The summed E-state index contributed by atoms with van der Waals surface area (Å²) in [6.45, 7) is 4.47. The van der Waals surface area contributed by atoms with E-state index in [9.17, 15) is 0 Å². The van der Waals surface area contributed by atoms with Crippen LogP contribution in [-0.2, 0) is 11.3 Å². The molecule has 0 aromatic heterocycles. The van der Waals surface area contributed by atoms with Crippen LogP contribution in [0.5, 0.6) is 5.75 Å². The quantitative estimate of drug-likeness (QED) is 0.797. The Hall–Kier alpha value is -1.10. The highest BCUT2D eigenvalue weighted by Gasteiger charge is 2.15. The van der Waals surface area contributed by atoms with Gasteiger partial charge in [0.2, 0.25) is 0 Å². The molecule has 1 aliphatic rings. The lowest BCUT2D eigenvalue weighted by Gasteiger charge is -2.27. The average molecular weight is 292 g/mol. The normalized spacial score (nSPS) is 18.9. The van der Waals surface area contributed by atoms with E-state index in [0.29, 0.717) is 12.7 Å². The Morgan fingerprint density at radius 1 is 1.29 bits per heavy atom. The smallest absolute Gasteiger partial charge is 0.119 e. The Balaban J connectivity index is 1.63. The van der Waals surface area contributed by atoms with E-state index in [4.69, 9.17) is 9.47 Å². The highest BCUT2D eigenvalue weighted by Crippen LogP contribution is 2.14.